The van der Waals surface area contributed by atoms with E-state index in [4.69, 9.17) is 10.5 Å². The monoisotopic (exact) mass is 429 g/mol. The van der Waals surface area contributed by atoms with E-state index in [2.05, 4.69) is 4.98 Å². The Morgan fingerprint density at radius 2 is 1.78 bits per heavy atom. The maximum atomic E-state index is 13.0. The Morgan fingerprint density at radius 1 is 1.06 bits per heavy atom. The van der Waals surface area contributed by atoms with Crippen LogP contribution in [-0.4, -0.2) is 41.9 Å². The second-order valence-electron chi connectivity index (χ2n) is 8.30. The minimum atomic E-state index is -0.779. The van der Waals surface area contributed by atoms with Gasteiger partial charge in [-0.2, -0.15) is 0 Å². The van der Waals surface area contributed by atoms with Gasteiger partial charge in [0.2, 0.25) is 11.8 Å². The Balaban J connectivity index is 1.52. The van der Waals surface area contributed by atoms with Crippen molar-refractivity contribution in [1.29, 1.82) is 0 Å². The molecule has 6 nitrogen and oxygen atoms in total. The molecule has 1 aromatic heterocycles. The lowest BCUT2D eigenvalue weighted by molar-refractivity contribution is -0.131. The van der Waals surface area contributed by atoms with Gasteiger partial charge in [0.1, 0.15) is 5.75 Å². The lowest BCUT2D eigenvalue weighted by Gasteiger charge is -2.27. The van der Waals surface area contributed by atoms with Crippen LogP contribution in [0.2, 0.25) is 0 Å². The van der Waals surface area contributed by atoms with Gasteiger partial charge in [0, 0.05) is 25.5 Å². The first-order valence-corrected chi connectivity index (χ1v) is 10.7. The molecule has 2 N–H and O–H groups in total. The first-order chi connectivity index (χ1) is 15.5. The van der Waals surface area contributed by atoms with Crippen molar-refractivity contribution in [2.75, 3.05) is 20.2 Å². The third-order valence-electron chi connectivity index (χ3n) is 6.28. The molecular formula is C26H27N3O3. The first-order valence-electron chi connectivity index (χ1n) is 10.7. The van der Waals surface area contributed by atoms with E-state index in [0.717, 1.165) is 28.0 Å². The standard InChI is InChI=1S/C26H27N3O3/c1-32-22-8-6-19(7-9-22)16-24(30)29-15-12-26(18-29,25(27)31)17-21-4-2-3-5-23(21)20-10-13-28-14-11-20/h2-11,13-14H,12,15-18H2,1H3,(H2,27,31)/t26-/m1/s1. The number of hydrogen-bond donors (Lipinski definition) is 1. The molecule has 1 aliphatic heterocycles. The predicted molar refractivity (Wildman–Crippen MR) is 123 cm³/mol. The average Bonchev–Trinajstić information content (AvgIpc) is 3.26. The van der Waals surface area contributed by atoms with Crippen molar-refractivity contribution in [3.05, 3.63) is 84.2 Å². The van der Waals surface area contributed by atoms with E-state index in [1.807, 2.05) is 60.7 Å². The van der Waals surface area contributed by atoms with E-state index in [9.17, 15) is 9.59 Å². The number of primary amides is 1. The molecule has 0 saturated carbocycles. The zero-order valence-electron chi connectivity index (χ0n) is 18.2. The van der Waals surface area contributed by atoms with Gasteiger partial charge in [-0.15, -0.1) is 0 Å². The molecule has 0 spiro atoms. The zero-order valence-corrected chi connectivity index (χ0v) is 18.2. The Labute approximate surface area is 188 Å². The maximum absolute atomic E-state index is 13.0. The van der Waals surface area contributed by atoms with Crippen molar-refractivity contribution < 1.29 is 14.3 Å². The SMILES string of the molecule is COc1ccc(CC(=O)N2CC[C@](Cc3ccccc3-c3ccncc3)(C(N)=O)C2)cc1. The Hall–Kier alpha value is -3.67. The summed E-state index contributed by atoms with van der Waals surface area (Å²) < 4.78 is 5.18. The molecule has 1 aliphatic rings. The second kappa shape index (κ2) is 9.22. The number of methoxy groups -OCH3 is 1. The molecule has 2 amide bonds. The molecule has 0 bridgehead atoms. The van der Waals surface area contributed by atoms with Crippen LogP contribution in [0.3, 0.4) is 0 Å². The number of carbonyl (C=O) groups is 2. The predicted octanol–water partition coefficient (Wildman–Crippen LogP) is 3.25. The molecule has 6 heteroatoms. The van der Waals surface area contributed by atoms with E-state index >= 15 is 0 Å². The van der Waals surface area contributed by atoms with Crippen LogP contribution >= 0.6 is 0 Å². The number of ether oxygens (including phenoxy) is 1. The van der Waals surface area contributed by atoms with Crippen LogP contribution in [0.5, 0.6) is 5.75 Å². The number of carbonyl (C=O) groups excluding carboxylic acids is 2. The summed E-state index contributed by atoms with van der Waals surface area (Å²) in [5.74, 6) is 0.394. The van der Waals surface area contributed by atoms with Crippen molar-refractivity contribution in [1.82, 2.24) is 9.88 Å². The van der Waals surface area contributed by atoms with Crippen LogP contribution < -0.4 is 10.5 Å². The topological polar surface area (TPSA) is 85.5 Å². The second-order valence-corrected chi connectivity index (χ2v) is 8.30. The minimum Gasteiger partial charge on any atom is -0.497 e. The highest BCUT2D eigenvalue weighted by Crippen LogP contribution is 2.37. The van der Waals surface area contributed by atoms with Crippen molar-refractivity contribution in [2.24, 2.45) is 11.1 Å². The molecule has 3 aromatic rings. The highest BCUT2D eigenvalue weighted by atomic mass is 16.5. The van der Waals surface area contributed by atoms with Crippen LogP contribution in [0.1, 0.15) is 17.5 Å². The highest BCUT2D eigenvalue weighted by molar-refractivity contribution is 5.85. The summed E-state index contributed by atoms with van der Waals surface area (Å²) >= 11 is 0. The van der Waals surface area contributed by atoms with Crippen molar-refractivity contribution in [3.8, 4) is 16.9 Å². The molecule has 2 heterocycles. The van der Waals surface area contributed by atoms with Crippen LogP contribution in [0.4, 0.5) is 0 Å². The molecule has 4 rings (SSSR count). The van der Waals surface area contributed by atoms with E-state index in [-0.39, 0.29) is 18.2 Å². The fourth-order valence-electron chi connectivity index (χ4n) is 4.40. The molecule has 164 valence electrons. The number of amides is 2. The summed E-state index contributed by atoms with van der Waals surface area (Å²) in [6.07, 6.45) is 4.84. The van der Waals surface area contributed by atoms with Crippen LogP contribution in [0.25, 0.3) is 11.1 Å². The highest BCUT2D eigenvalue weighted by Gasteiger charge is 2.45. The summed E-state index contributed by atoms with van der Waals surface area (Å²) in [6, 6.07) is 19.4. The van der Waals surface area contributed by atoms with Gasteiger partial charge in [-0.25, -0.2) is 0 Å². The fourth-order valence-corrected chi connectivity index (χ4v) is 4.40. The summed E-state index contributed by atoms with van der Waals surface area (Å²) in [6.45, 7) is 0.858. The van der Waals surface area contributed by atoms with Gasteiger partial charge < -0.3 is 15.4 Å². The van der Waals surface area contributed by atoms with Crippen molar-refractivity contribution in [3.63, 3.8) is 0 Å². The smallest absolute Gasteiger partial charge is 0.227 e. The number of aromatic nitrogens is 1. The number of pyridine rings is 1. The molecule has 1 fully saturated rings. The van der Waals surface area contributed by atoms with E-state index < -0.39 is 5.41 Å². The molecule has 0 radical (unpaired) electrons. The lowest BCUT2D eigenvalue weighted by atomic mass is 9.78. The number of likely N-dealkylation sites (tertiary alicyclic amines) is 1. The third kappa shape index (κ3) is 4.49. The summed E-state index contributed by atoms with van der Waals surface area (Å²) in [7, 11) is 1.61. The van der Waals surface area contributed by atoms with Gasteiger partial charge in [0.25, 0.3) is 0 Å². The normalized spacial score (nSPS) is 17.8. The van der Waals surface area contributed by atoms with Gasteiger partial charge in [-0.1, -0.05) is 36.4 Å². The molecule has 32 heavy (non-hydrogen) atoms. The average molecular weight is 430 g/mol. The Bertz CT molecular complexity index is 1100. The van der Waals surface area contributed by atoms with Crippen LogP contribution in [-0.2, 0) is 22.4 Å². The van der Waals surface area contributed by atoms with Crippen LogP contribution in [0, 0.1) is 5.41 Å². The Kier molecular flexibility index (Phi) is 6.21. The van der Waals surface area contributed by atoms with Gasteiger partial charge >= 0.3 is 0 Å². The summed E-state index contributed by atoms with van der Waals surface area (Å²) in [4.78, 5) is 31.5. The number of rotatable bonds is 7. The lowest BCUT2D eigenvalue weighted by Crippen LogP contribution is -2.42. The molecule has 1 atom stereocenters. The fraction of sp³-hybridized carbons (Fsp3) is 0.269. The molecular weight excluding hydrogens is 402 g/mol. The summed E-state index contributed by atoms with van der Waals surface area (Å²) in [5.41, 5.74) is 9.19. The van der Waals surface area contributed by atoms with Crippen molar-refractivity contribution >= 4 is 11.8 Å². The van der Waals surface area contributed by atoms with Gasteiger partial charge in [-0.3, -0.25) is 14.6 Å². The Morgan fingerprint density at radius 3 is 2.47 bits per heavy atom. The maximum Gasteiger partial charge on any atom is 0.227 e. The third-order valence-corrected chi connectivity index (χ3v) is 6.28. The van der Waals surface area contributed by atoms with Crippen LogP contribution in [0.15, 0.2) is 73.1 Å². The van der Waals surface area contributed by atoms with Gasteiger partial charge in [0.15, 0.2) is 0 Å². The molecule has 0 unspecified atom stereocenters. The minimum absolute atomic E-state index is 0.000658. The molecule has 0 aliphatic carbocycles. The number of nitrogens with zero attached hydrogens (tertiary/aromatic N) is 2. The molecule has 2 aromatic carbocycles. The number of benzene rings is 2. The van der Waals surface area contributed by atoms with E-state index in [1.165, 1.54) is 0 Å². The zero-order chi connectivity index (χ0) is 22.6. The van der Waals surface area contributed by atoms with Crippen molar-refractivity contribution in [2.45, 2.75) is 19.3 Å². The van der Waals surface area contributed by atoms with Gasteiger partial charge in [0.05, 0.1) is 18.9 Å². The van der Waals surface area contributed by atoms with Gasteiger partial charge in [-0.05, 0) is 59.4 Å². The number of nitrogens with two attached hydrogens (primary N) is 1. The van der Waals surface area contributed by atoms with E-state index in [0.29, 0.717) is 25.9 Å². The van der Waals surface area contributed by atoms with E-state index in [1.54, 1.807) is 24.4 Å². The number of hydrogen-bond acceptors (Lipinski definition) is 4. The largest absolute Gasteiger partial charge is 0.497 e. The molecule has 1 saturated heterocycles. The quantitative estimate of drug-likeness (QED) is 0.625. The first kappa shape index (κ1) is 21.6. The summed E-state index contributed by atoms with van der Waals surface area (Å²) in [5, 5.41) is 0.